The van der Waals surface area contributed by atoms with E-state index in [4.69, 9.17) is 0 Å². The summed E-state index contributed by atoms with van der Waals surface area (Å²) in [6.07, 6.45) is -9.26. The summed E-state index contributed by atoms with van der Waals surface area (Å²) >= 11 is 0. The smallest absolute Gasteiger partial charge is 0.285 e. The Labute approximate surface area is 152 Å². The molecule has 0 saturated carbocycles. The van der Waals surface area contributed by atoms with Crippen molar-refractivity contribution in [3.05, 3.63) is 90.3 Å². The normalized spacial score (nSPS) is 12.4. The average molecular weight is 398 g/mol. The summed E-state index contributed by atoms with van der Waals surface area (Å²) in [6.45, 7) is 0. The molecule has 0 heterocycles. The lowest BCUT2D eigenvalue weighted by molar-refractivity contribution is -0.138. The first-order valence-corrected chi connectivity index (χ1v) is 7.64. The van der Waals surface area contributed by atoms with Crippen molar-refractivity contribution >= 4 is 0 Å². The number of hydrogen-bond donors (Lipinski definition) is 0. The molecule has 0 radical (unpaired) electrons. The van der Waals surface area contributed by atoms with Crippen LogP contribution < -0.4 is 16.3 Å². The molecule has 144 valence electrons. The monoisotopic (exact) mass is 398 g/mol. The second kappa shape index (κ2) is 6.43. The first-order chi connectivity index (χ1) is 12.9. The van der Waals surface area contributed by atoms with E-state index in [0.717, 1.165) is 24.3 Å². The van der Waals surface area contributed by atoms with E-state index in [9.17, 15) is 40.7 Å². The molecular weight excluding hydrogens is 390 g/mol. The van der Waals surface area contributed by atoms with Gasteiger partial charge in [-0.05, 0) is 35.4 Å². The molecule has 0 aliphatic rings. The quantitative estimate of drug-likeness (QED) is 0.484. The van der Waals surface area contributed by atoms with Crippen LogP contribution in [0.15, 0.2) is 62.9 Å². The van der Waals surface area contributed by atoms with E-state index in [0.29, 0.717) is 24.3 Å². The highest BCUT2D eigenvalue weighted by atomic mass is 19.4. The van der Waals surface area contributed by atoms with E-state index in [1.807, 2.05) is 0 Å². The molecule has 0 fully saturated rings. The molecule has 3 aromatic rings. The van der Waals surface area contributed by atoms with Crippen LogP contribution in [0.1, 0.15) is 11.1 Å². The predicted molar refractivity (Wildman–Crippen MR) is 88.5 cm³/mol. The molecule has 3 nitrogen and oxygen atoms in total. The van der Waals surface area contributed by atoms with Crippen LogP contribution in [0.2, 0.25) is 0 Å². The van der Waals surface area contributed by atoms with Gasteiger partial charge < -0.3 is 0 Å². The van der Waals surface area contributed by atoms with Crippen LogP contribution in [0.3, 0.4) is 0 Å². The summed E-state index contributed by atoms with van der Waals surface area (Å²) in [4.78, 5) is 36.2. The van der Waals surface area contributed by atoms with Gasteiger partial charge >= 0.3 is 12.4 Å². The van der Waals surface area contributed by atoms with Crippen molar-refractivity contribution in [3.63, 3.8) is 0 Å². The summed E-state index contributed by atoms with van der Waals surface area (Å²) in [6, 6.07) is 6.39. The molecule has 3 rings (SSSR count). The van der Waals surface area contributed by atoms with Gasteiger partial charge in [-0.3, -0.25) is 14.4 Å². The van der Waals surface area contributed by atoms with Gasteiger partial charge in [0.2, 0.25) is 10.9 Å². The predicted octanol–water partition coefficient (Wildman–Crippen LogP) is 4.01. The van der Waals surface area contributed by atoms with E-state index in [2.05, 4.69) is 0 Å². The van der Waals surface area contributed by atoms with Crippen molar-refractivity contribution in [1.82, 2.24) is 0 Å². The van der Waals surface area contributed by atoms with Crippen LogP contribution >= 0.6 is 0 Å². The van der Waals surface area contributed by atoms with Gasteiger partial charge in [-0.1, -0.05) is 24.3 Å². The number of rotatable bonds is 2. The second-order valence-electron chi connectivity index (χ2n) is 5.89. The molecule has 3 aromatic carbocycles. The molecule has 0 aliphatic carbocycles. The van der Waals surface area contributed by atoms with Gasteiger partial charge in [-0.15, -0.1) is 0 Å². The van der Waals surface area contributed by atoms with Crippen LogP contribution in [0, 0.1) is 0 Å². The molecular formula is C19H8F6O3. The largest absolute Gasteiger partial charge is 0.416 e. The van der Waals surface area contributed by atoms with Crippen LogP contribution in [-0.2, 0) is 12.4 Å². The van der Waals surface area contributed by atoms with Crippen LogP contribution in [0.25, 0.3) is 22.3 Å². The highest BCUT2D eigenvalue weighted by Gasteiger charge is 2.32. The maximum Gasteiger partial charge on any atom is 0.416 e. The zero-order chi connectivity index (χ0) is 20.9. The average Bonchev–Trinajstić information content (AvgIpc) is 2.84. The van der Waals surface area contributed by atoms with Gasteiger partial charge in [-0.25, -0.2) is 0 Å². The third-order valence-electron chi connectivity index (χ3n) is 4.12. The van der Waals surface area contributed by atoms with Crippen LogP contribution in [0.4, 0.5) is 26.3 Å². The summed E-state index contributed by atoms with van der Waals surface area (Å²) < 4.78 is 76.2. The minimum Gasteiger partial charge on any atom is -0.285 e. The van der Waals surface area contributed by atoms with E-state index in [1.54, 1.807) is 0 Å². The van der Waals surface area contributed by atoms with Crippen molar-refractivity contribution < 1.29 is 26.3 Å². The van der Waals surface area contributed by atoms with E-state index in [-0.39, 0.29) is 11.1 Å². The van der Waals surface area contributed by atoms with Crippen molar-refractivity contribution in [3.8, 4) is 22.3 Å². The summed E-state index contributed by atoms with van der Waals surface area (Å²) in [5.41, 5.74) is -6.97. The third-order valence-corrected chi connectivity index (χ3v) is 4.12. The Hall–Kier alpha value is -3.23. The highest BCUT2D eigenvalue weighted by molar-refractivity contribution is 5.84. The van der Waals surface area contributed by atoms with Crippen LogP contribution in [0.5, 0.6) is 0 Å². The Kier molecular flexibility index (Phi) is 4.49. The van der Waals surface area contributed by atoms with Gasteiger partial charge in [0.15, 0.2) is 0 Å². The first kappa shape index (κ1) is 19.5. The van der Waals surface area contributed by atoms with Crippen LogP contribution in [-0.4, -0.2) is 0 Å². The SMILES string of the molecule is O=c1c(-c2ccc(C(F)(F)F)cc2)c(-c2ccc(C(F)(F)F)cc2)c(=O)c1=O. The van der Waals surface area contributed by atoms with Gasteiger partial charge in [0.05, 0.1) is 11.1 Å². The number of benzene rings is 2. The maximum atomic E-state index is 12.7. The van der Waals surface area contributed by atoms with Crippen molar-refractivity contribution in [2.45, 2.75) is 12.4 Å². The van der Waals surface area contributed by atoms with Gasteiger partial charge in [0, 0.05) is 11.1 Å². The number of hydrogen-bond acceptors (Lipinski definition) is 3. The maximum absolute atomic E-state index is 12.7. The lowest BCUT2D eigenvalue weighted by atomic mass is 9.97. The number of halogens is 6. The standard InChI is InChI=1S/C19H8F6O3/c20-18(21,22)11-5-1-9(2-6-11)13-14(16(27)17(28)15(13)26)10-3-7-12(8-4-10)19(23,24)25/h1-8H. The fourth-order valence-electron chi connectivity index (χ4n) is 2.76. The minimum atomic E-state index is -4.63. The zero-order valence-corrected chi connectivity index (χ0v) is 13.6. The molecule has 0 unspecified atom stereocenters. The molecule has 0 aromatic heterocycles. The molecule has 0 spiro atoms. The lowest BCUT2D eigenvalue weighted by Crippen LogP contribution is -2.30. The first-order valence-electron chi connectivity index (χ1n) is 7.64. The molecule has 0 amide bonds. The van der Waals surface area contributed by atoms with E-state index < -0.39 is 50.9 Å². The molecule has 0 aliphatic heterocycles. The van der Waals surface area contributed by atoms with E-state index in [1.165, 1.54) is 0 Å². The van der Waals surface area contributed by atoms with Crippen molar-refractivity contribution in [1.29, 1.82) is 0 Å². The van der Waals surface area contributed by atoms with Gasteiger partial charge in [0.1, 0.15) is 0 Å². The zero-order valence-electron chi connectivity index (χ0n) is 13.6. The molecule has 0 bridgehead atoms. The molecule has 9 heteroatoms. The fourth-order valence-corrected chi connectivity index (χ4v) is 2.76. The van der Waals surface area contributed by atoms with Gasteiger partial charge in [-0.2, -0.15) is 26.3 Å². The fraction of sp³-hybridized carbons (Fsp3) is 0.105. The van der Waals surface area contributed by atoms with Gasteiger partial charge in [0.25, 0.3) is 5.43 Å². The van der Waals surface area contributed by atoms with Crippen molar-refractivity contribution in [2.75, 3.05) is 0 Å². The lowest BCUT2D eigenvalue weighted by Gasteiger charge is -2.09. The third kappa shape index (κ3) is 3.35. The summed E-state index contributed by atoms with van der Waals surface area (Å²) in [5, 5.41) is 0. The topological polar surface area (TPSA) is 51.2 Å². The summed E-state index contributed by atoms with van der Waals surface area (Å²) in [5.74, 6) is 0. The van der Waals surface area contributed by atoms with Crippen molar-refractivity contribution in [2.24, 2.45) is 0 Å². The Balaban J connectivity index is 2.19. The van der Waals surface area contributed by atoms with E-state index >= 15 is 0 Å². The second-order valence-corrected chi connectivity index (χ2v) is 5.89. The molecule has 0 atom stereocenters. The summed E-state index contributed by atoms with van der Waals surface area (Å²) in [7, 11) is 0. The molecule has 28 heavy (non-hydrogen) atoms. The molecule has 0 N–H and O–H groups in total. The highest BCUT2D eigenvalue weighted by Crippen LogP contribution is 2.34. The Morgan fingerprint density at radius 1 is 0.464 bits per heavy atom. The Morgan fingerprint density at radius 2 is 0.750 bits per heavy atom. The Morgan fingerprint density at radius 3 is 1.00 bits per heavy atom. The Bertz CT molecular complexity index is 1070. The molecule has 0 saturated heterocycles. The number of alkyl halides is 6. The minimum absolute atomic E-state index is 0.118.